The Kier molecular flexibility index (Phi) is 6.35. The maximum Gasteiger partial charge on any atom is 0.188 e. The van der Waals surface area contributed by atoms with Crippen LogP contribution in [0.25, 0.3) is 0 Å². The Hall–Kier alpha value is -1.28. The normalized spacial score (nSPS) is 11.5. The van der Waals surface area contributed by atoms with Crippen LogP contribution in [0.4, 0.5) is 5.13 Å². The van der Waals surface area contributed by atoms with Gasteiger partial charge in [0.2, 0.25) is 0 Å². The van der Waals surface area contributed by atoms with E-state index in [2.05, 4.69) is 20.4 Å². The number of nitrogens with one attached hydrogen (secondary N) is 1. The van der Waals surface area contributed by atoms with Gasteiger partial charge in [0.25, 0.3) is 0 Å². The minimum absolute atomic E-state index is 0.746. The summed E-state index contributed by atoms with van der Waals surface area (Å²) in [6.45, 7) is 0.746. The molecule has 5 N–H and O–H groups in total. The molecule has 6 nitrogen and oxygen atoms in total. The Morgan fingerprint density at radius 2 is 2.50 bits per heavy atom. The third-order valence-corrected chi connectivity index (χ3v) is 3.33. The van der Waals surface area contributed by atoms with Gasteiger partial charge in [-0.1, -0.05) is 0 Å². The molecule has 0 spiro atoms. The van der Waals surface area contributed by atoms with Crippen LogP contribution in [0.3, 0.4) is 0 Å². The van der Waals surface area contributed by atoms with E-state index in [4.69, 9.17) is 11.6 Å². The molecule has 8 heteroatoms. The van der Waals surface area contributed by atoms with E-state index in [0.717, 1.165) is 28.9 Å². The lowest BCUT2D eigenvalue weighted by Gasteiger charge is -1.95. The zero-order chi connectivity index (χ0) is 11.6. The van der Waals surface area contributed by atoms with Gasteiger partial charge in [0.15, 0.2) is 5.13 Å². The molecule has 0 atom stereocenters. The molecular formula is C8H14N6S2. The molecule has 0 unspecified atom stereocenters. The summed E-state index contributed by atoms with van der Waals surface area (Å²) in [4.78, 5) is 8.26. The molecule has 0 radical (unpaired) electrons. The van der Waals surface area contributed by atoms with Crippen molar-refractivity contribution in [2.24, 2.45) is 21.7 Å². The number of thioether (sulfide) groups is 1. The molecule has 0 aliphatic heterocycles. The molecule has 0 bridgehead atoms. The quantitative estimate of drug-likeness (QED) is 0.219. The van der Waals surface area contributed by atoms with Gasteiger partial charge >= 0.3 is 0 Å². The molecule has 0 fully saturated rings. The number of aliphatic imine (C=N–C) groups is 1. The van der Waals surface area contributed by atoms with E-state index in [1.165, 1.54) is 24.0 Å². The zero-order valence-electron chi connectivity index (χ0n) is 8.67. The van der Waals surface area contributed by atoms with E-state index in [1.54, 1.807) is 11.8 Å². The highest BCUT2D eigenvalue weighted by Gasteiger charge is 2.00. The number of nitrogens with zero attached hydrogens (tertiary/aromatic N) is 3. The van der Waals surface area contributed by atoms with Gasteiger partial charge in [0, 0.05) is 23.4 Å². The Bertz CT molecular complexity index is 348. The Labute approximate surface area is 102 Å². The number of hydrazone groups is 1. The fraction of sp³-hybridized carbons (Fsp3) is 0.375. The topological polar surface area (TPSA) is 102 Å². The van der Waals surface area contributed by atoms with Crippen molar-refractivity contribution in [3.63, 3.8) is 0 Å². The highest BCUT2D eigenvalue weighted by Crippen LogP contribution is 2.18. The van der Waals surface area contributed by atoms with Gasteiger partial charge in [-0.15, -0.1) is 11.3 Å². The van der Waals surface area contributed by atoms with Gasteiger partial charge in [0.05, 0.1) is 12.0 Å². The average molecular weight is 258 g/mol. The van der Waals surface area contributed by atoms with Crippen molar-refractivity contribution in [3.05, 3.63) is 11.1 Å². The van der Waals surface area contributed by atoms with Crippen LogP contribution in [0.5, 0.6) is 0 Å². The maximum atomic E-state index is 5.13. The van der Waals surface area contributed by atoms with Gasteiger partial charge in [-0.3, -0.25) is 4.99 Å². The van der Waals surface area contributed by atoms with Crippen molar-refractivity contribution in [1.82, 2.24) is 4.98 Å². The van der Waals surface area contributed by atoms with Crippen LogP contribution in [-0.4, -0.2) is 30.0 Å². The first-order valence-corrected chi connectivity index (χ1v) is 6.60. The predicted octanol–water partition coefficient (Wildman–Crippen LogP) is 0.677. The van der Waals surface area contributed by atoms with Crippen LogP contribution in [0.2, 0.25) is 0 Å². The summed E-state index contributed by atoms with van der Waals surface area (Å²) in [6.07, 6.45) is 2.74. The first-order chi connectivity index (χ1) is 7.86. The van der Waals surface area contributed by atoms with Gasteiger partial charge in [0.1, 0.15) is 6.34 Å². The summed E-state index contributed by atoms with van der Waals surface area (Å²) >= 11 is 3.30. The van der Waals surface area contributed by atoms with Crippen molar-refractivity contribution >= 4 is 40.9 Å². The molecule has 0 amide bonds. The van der Waals surface area contributed by atoms with E-state index in [1.807, 2.05) is 5.38 Å². The minimum Gasteiger partial charge on any atom is -0.390 e. The predicted molar refractivity (Wildman–Crippen MR) is 72.1 cm³/mol. The fourth-order valence-electron chi connectivity index (χ4n) is 0.901. The van der Waals surface area contributed by atoms with E-state index < -0.39 is 0 Å². The lowest BCUT2D eigenvalue weighted by atomic mass is 10.6. The molecular weight excluding hydrogens is 244 g/mol. The molecule has 1 rings (SSSR count). The third-order valence-electron chi connectivity index (χ3n) is 1.53. The maximum absolute atomic E-state index is 5.13. The summed E-state index contributed by atoms with van der Waals surface area (Å²) in [5.74, 6) is 6.78. The van der Waals surface area contributed by atoms with Crippen LogP contribution in [0, 0.1) is 0 Å². The molecule has 0 aliphatic carbocycles. The minimum atomic E-state index is 0.746. The fourth-order valence-corrected chi connectivity index (χ4v) is 2.42. The van der Waals surface area contributed by atoms with Gasteiger partial charge in [-0.2, -0.15) is 16.9 Å². The molecule has 1 aromatic heterocycles. The smallest absolute Gasteiger partial charge is 0.188 e. The number of hydrogen-bond donors (Lipinski definition) is 3. The Balaban J connectivity index is 2.23. The molecule has 1 aromatic rings. The molecule has 0 aliphatic rings. The van der Waals surface area contributed by atoms with Crippen LogP contribution >= 0.6 is 23.1 Å². The van der Waals surface area contributed by atoms with Crippen LogP contribution in [0.1, 0.15) is 5.69 Å². The highest BCUT2D eigenvalue weighted by molar-refractivity contribution is 7.98. The Morgan fingerprint density at radius 3 is 3.25 bits per heavy atom. The molecule has 0 saturated heterocycles. The summed E-state index contributed by atoms with van der Waals surface area (Å²) < 4.78 is 0. The highest BCUT2D eigenvalue weighted by atomic mass is 32.2. The number of aromatic nitrogens is 1. The number of rotatable bonds is 7. The number of hydrogen-bond acceptors (Lipinski definition) is 6. The molecule has 88 valence electrons. The van der Waals surface area contributed by atoms with E-state index in [0.29, 0.717) is 0 Å². The first kappa shape index (κ1) is 12.8. The SMILES string of the molecule is NC=NCCSCc1csc(NC=NN)n1. The van der Waals surface area contributed by atoms with E-state index in [-0.39, 0.29) is 0 Å². The molecule has 0 saturated carbocycles. The van der Waals surface area contributed by atoms with Crippen LogP contribution in [0.15, 0.2) is 15.5 Å². The molecule has 1 heterocycles. The standard InChI is InChI=1S/C8H14N6S2/c9-5-11-1-2-15-3-7-4-16-8(14-7)12-6-13-10/h4-6H,1-3,10H2,(H2,9,11)(H,12,13,14). The monoisotopic (exact) mass is 258 g/mol. The molecule has 16 heavy (non-hydrogen) atoms. The second-order valence-electron chi connectivity index (χ2n) is 2.67. The Morgan fingerprint density at radius 1 is 1.62 bits per heavy atom. The van der Waals surface area contributed by atoms with Crippen molar-refractivity contribution in [2.75, 3.05) is 17.6 Å². The number of anilines is 1. The summed E-state index contributed by atoms with van der Waals surface area (Å²) in [6, 6.07) is 0. The van der Waals surface area contributed by atoms with Crippen molar-refractivity contribution in [1.29, 1.82) is 0 Å². The second-order valence-corrected chi connectivity index (χ2v) is 4.64. The number of nitrogens with two attached hydrogens (primary N) is 2. The van der Waals surface area contributed by atoms with Gasteiger partial charge in [-0.25, -0.2) is 4.98 Å². The second kappa shape index (κ2) is 7.94. The van der Waals surface area contributed by atoms with E-state index >= 15 is 0 Å². The average Bonchev–Trinajstić information content (AvgIpc) is 2.74. The zero-order valence-corrected chi connectivity index (χ0v) is 10.3. The van der Waals surface area contributed by atoms with E-state index in [9.17, 15) is 0 Å². The van der Waals surface area contributed by atoms with Crippen molar-refractivity contribution < 1.29 is 0 Å². The number of thiazole rings is 1. The van der Waals surface area contributed by atoms with Crippen molar-refractivity contribution in [3.8, 4) is 0 Å². The summed E-state index contributed by atoms with van der Waals surface area (Å²) in [5.41, 5.74) is 6.17. The largest absolute Gasteiger partial charge is 0.390 e. The van der Waals surface area contributed by atoms with Crippen LogP contribution < -0.4 is 16.9 Å². The summed E-state index contributed by atoms with van der Waals surface area (Å²) in [7, 11) is 0. The third kappa shape index (κ3) is 4.99. The first-order valence-electron chi connectivity index (χ1n) is 4.57. The lowest BCUT2D eigenvalue weighted by molar-refractivity contribution is 1.14. The lowest BCUT2D eigenvalue weighted by Crippen LogP contribution is -1.97. The van der Waals surface area contributed by atoms with Crippen LogP contribution in [-0.2, 0) is 5.75 Å². The van der Waals surface area contributed by atoms with Gasteiger partial charge < -0.3 is 16.9 Å². The van der Waals surface area contributed by atoms with Crippen molar-refractivity contribution in [2.45, 2.75) is 5.75 Å². The summed E-state index contributed by atoms with van der Waals surface area (Å²) in [5, 5.41) is 9.00. The molecule has 0 aromatic carbocycles. The van der Waals surface area contributed by atoms with Gasteiger partial charge in [-0.05, 0) is 0 Å².